The highest BCUT2D eigenvalue weighted by Gasteiger charge is 2.50. The molecule has 0 aromatic heterocycles. The van der Waals surface area contributed by atoms with Crippen LogP contribution in [0.3, 0.4) is 0 Å². The van der Waals surface area contributed by atoms with Crippen molar-refractivity contribution in [2.24, 2.45) is 5.92 Å². The molecule has 1 rings (SSSR count). The van der Waals surface area contributed by atoms with Crippen LogP contribution in [0, 0.1) is 5.92 Å². The van der Waals surface area contributed by atoms with Gasteiger partial charge in [-0.3, -0.25) is 0 Å². The van der Waals surface area contributed by atoms with E-state index in [0.717, 1.165) is 31.0 Å². The normalized spacial score (nSPS) is 24.0. The van der Waals surface area contributed by atoms with Gasteiger partial charge < -0.3 is 13.6 Å². The van der Waals surface area contributed by atoms with E-state index in [4.69, 9.17) is 13.6 Å². The van der Waals surface area contributed by atoms with E-state index in [9.17, 15) is 0 Å². The summed E-state index contributed by atoms with van der Waals surface area (Å²) in [5.74, 6) is 0.432. The third-order valence-corrected chi connectivity index (χ3v) is 17.3. The number of hydrogen-bond donors (Lipinski definition) is 0. The van der Waals surface area contributed by atoms with Crippen molar-refractivity contribution in [1.29, 1.82) is 0 Å². The summed E-state index contributed by atoms with van der Waals surface area (Å²) in [6.07, 6.45) is 4.87. The fourth-order valence-electron chi connectivity index (χ4n) is 4.91. The Balaban J connectivity index is 2.79. The van der Waals surface area contributed by atoms with Gasteiger partial charge in [0.05, 0.1) is 17.8 Å². The van der Waals surface area contributed by atoms with Gasteiger partial charge in [0.1, 0.15) is 0 Å². The Morgan fingerprint density at radius 3 is 1.79 bits per heavy atom. The second-order valence-corrected chi connectivity index (χ2v) is 18.8. The van der Waals surface area contributed by atoms with Crippen molar-refractivity contribution in [3.8, 4) is 0 Å². The maximum atomic E-state index is 6.85. The molecule has 1 aliphatic heterocycles. The molecular formula is C24H50O3Si2. The highest BCUT2D eigenvalue weighted by molar-refractivity contribution is 6.74. The molecule has 172 valence electrons. The lowest BCUT2D eigenvalue weighted by molar-refractivity contribution is 0.106. The predicted molar refractivity (Wildman–Crippen MR) is 132 cm³/mol. The van der Waals surface area contributed by atoms with Crippen molar-refractivity contribution in [3.63, 3.8) is 0 Å². The summed E-state index contributed by atoms with van der Waals surface area (Å²) in [6, 6.07) is 7.11. The van der Waals surface area contributed by atoms with Gasteiger partial charge >= 0.3 is 0 Å². The van der Waals surface area contributed by atoms with Gasteiger partial charge in [0, 0.05) is 18.4 Å². The molecule has 5 heteroatoms. The highest BCUT2D eigenvalue weighted by atomic mass is 28.4. The average Bonchev–Trinajstić information content (AvgIpc) is 3.52. The Morgan fingerprint density at radius 2 is 1.41 bits per heavy atom. The minimum absolute atomic E-state index is 0.267. The van der Waals surface area contributed by atoms with Crippen LogP contribution < -0.4 is 0 Å². The van der Waals surface area contributed by atoms with Crippen LogP contribution in [0.25, 0.3) is 0 Å². The number of epoxide rings is 1. The van der Waals surface area contributed by atoms with Crippen LogP contribution in [-0.4, -0.2) is 40.5 Å². The maximum Gasteiger partial charge on any atom is 0.193 e. The number of hydrogen-bond acceptors (Lipinski definition) is 3. The Hall–Kier alpha value is 0.0538. The van der Waals surface area contributed by atoms with Gasteiger partial charge in [0.15, 0.2) is 16.6 Å². The summed E-state index contributed by atoms with van der Waals surface area (Å²) in [7, 11) is -3.28. The summed E-state index contributed by atoms with van der Waals surface area (Å²) < 4.78 is 19.9. The van der Waals surface area contributed by atoms with Gasteiger partial charge in [-0.1, -0.05) is 61.5 Å². The highest BCUT2D eigenvalue weighted by Crippen LogP contribution is 2.42. The predicted octanol–water partition coefficient (Wildman–Crippen LogP) is 7.55. The van der Waals surface area contributed by atoms with E-state index in [1.54, 1.807) is 0 Å². The van der Waals surface area contributed by atoms with Crippen molar-refractivity contribution in [2.75, 3.05) is 0 Å². The summed E-state index contributed by atoms with van der Waals surface area (Å²) in [5.41, 5.74) is -0.287. The zero-order valence-corrected chi connectivity index (χ0v) is 23.0. The van der Waals surface area contributed by atoms with Crippen LogP contribution in [0.1, 0.15) is 75.2 Å². The molecule has 1 saturated heterocycles. The van der Waals surface area contributed by atoms with E-state index in [-0.39, 0.29) is 11.7 Å². The van der Waals surface area contributed by atoms with Crippen LogP contribution in [-0.2, 0) is 13.6 Å². The Morgan fingerprint density at radius 1 is 0.931 bits per heavy atom. The van der Waals surface area contributed by atoms with Gasteiger partial charge in [-0.05, 0) is 49.6 Å². The van der Waals surface area contributed by atoms with E-state index in [0.29, 0.717) is 18.1 Å². The van der Waals surface area contributed by atoms with Crippen LogP contribution in [0.2, 0.25) is 36.3 Å². The van der Waals surface area contributed by atoms with Crippen LogP contribution in [0.4, 0.5) is 0 Å². The molecule has 0 amide bonds. The molecule has 1 aliphatic rings. The summed E-state index contributed by atoms with van der Waals surface area (Å²) in [5, 5.41) is 0. The third-order valence-electron chi connectivity index (χ3n) is 7.88. The molecule has 0 bridgehead atoms. The molecule has 0 radical (unpaired) electrons. The fourth-order valence-corrected chi connectivity index (χ4v) is 11.0. The molecule has 0 aromatic rings. The molecule has 1 fully saturated rings. The minimum atomic E-state index is -1.68. The van der Waals surface area contributed by atoms with E-state index in [1.807, 2.05) is 6.08 Å². The minimum Gasteiger partial charge on any atom is -0.414 e. The number of ether oxygens (including phenoxy) is 1. The van der Waals surface area contributed by atoms with Crippen molar-refractivity contribution in [1.82, 2.24) is 0 Å². The second-order valence-electron chi connectivity index (χ2n) is 9.37. The lowest BCUT2D eigenvalue weighted by Gasteiger charge is -2.39. The monoisotopic (exact) mass is 442 g/mol. The smallest absolute Gasteiger partial charge is 0.193 e. The van der Waals surface area contributed by atoms with Crippen molar-refractivity contribution in [2.45, 2.75) is 135 Å². The molecule has 0 aromatic carbocycles. The van der Waals surface area contributed by atoms with E-state index in [2.05, 4.69) is 68.9 Å². The topological polar surface area (TPSA) is 31.0 Å². The van der Waals surface area contributed by atoms with Gasteiger partial charge in [0.25, 0.3) is 0 Å². The summed E-state index contributed by atoms with van der Waals surface area (Å²) >= 11 is 0. The Kier molecular flexibility index (Phi) is 10.8. The first-order valence-corrected chi connectivity index (χ1v) is 17.4. The first-order valence-electron chi connectivity index (χ1n) is 12.3. The maximum absolute atomic E-state index is 6.85. The second kappa shape index (κ2) is 11.6. The molecule has 0 unspecified atom stereocenters. The first-order chi connectivity index (χ1) is 13.7. The molecule has 0 saturated carbocycles. The van der Waals surface area contributed by atoms with E-state index in [1.165, 1.54) is 18.1 Å². The van der Waals surface area contributed by atoms with Gasteiger partial charge in [-0.25, -0.2) is 0 Å². The van der Waals surface area contributed by atoms with Crippen LogP contribution >= 0.6 is 0 Å². The molecule has 3 nitrogen and oxygen atoms in total. The first kappa shape index (κ1) is 27.1. The zero-order chi connectivity index (χ0) is 22.3. The van der Waals surface area contributed by atoms with Crippen molar-refractivity contribution in [3.05, 3.63) is 12.7 Å². The van der Waals surface area contributed by atoms with Gasteiger partial charge in [-0.15, -0.1) is 6.58 Å². The Labute approximate surface area is 184 Å². The van der Waals surface area contributed by atoms with Crippen molar-refractivity contribution >= 4 is 16.6 Å². The zero-order valence-electron chi connectivity index (χ0n) is 21.0. The quantitative estimate of drug-likeness (QED) is 0.140. The van der Waals surface area contributed by atoms with Crippen LogP contribution in [0.15, 0.2) is 12.7 Å². The average molecular weight is 443 g/mol. The lowest BCUT2D eigenvalue weighted by Crippen LogP contribution is -2.46. The van der Waals surface area contributed by atoms with E-state index < -0.39 is 16.6 Å². The molecule has 0 aliphatic carbocycles. The van der Waals surface area contributed by atoms with E-state index >= 15 is 0 Å². The Bertz CT molecular complexity index is 474. The standard InChI is InChI=1S/C24H50O3Si2/c1-11-21(26-28(13-3,14-4)15-5)20(9)23-22(25-23)19-24(10,12-2)27-29(16-6,17-7)18-8/h12,20-23H,2,11,13-19H2,1,3-10H3/t20-,21+,22-,23-,24+/m1/s1. The van der Waals surface area contributed by atoms with Crippen molar-refractivity contribution < 1.29 is 13.6 Å². The number of rotatable bonds is 16. The molecule has 0 N–H and O–H groups in total. The van der Waals surface area contributed by atoms with Gasteiger partial charge in [0.2, 0.25) is 0 Å². The molecule has 5 atom stereocenters. The molecule has 0 spiro atoms. The van der Waals surface area contributed by atoms with Gasteiger partial charge in [-0.2, -0.15) is 0 Å². The lowest BCUT2D eigenvalue weighted by atomic mass is 9.92. The molecule has 1 heterocycles. The fraction of sp³-hybridized carbons (Fsp3) is 0.917. The third kappa shape index (κ3) is 6.77. The summed E-state index contributed by atoms with van der Waals surface area (Å²) in [4.78, 5) is 0. The van der Waals surface area contributed by atoms with Crippen LogP contribution in [0.5, 0.6) is 0 Å². The largest absolute Gasteiger partial charge is 0.414 e. The SMILES string of the molecule is C=C[C@@](C)(C[C@H]1O[C@@H]1[C@H](C)[C@H](CC)O[Si](CC)(CC)CC)O[Si](CC)(CC)CC. The molecular weight excluding hydrogens is 392 g/mol. The summed E-state index contributed by atoms with van der Waals surface area (Å²) in [6.45, 7) is 24.7. The molecule has 29 heavy (non-hydrogen) atoms.